The number of ether oxygens (including phenoxy) is 1. The third-order valence-corrected chi connectivity index (χ3v) is 5.14. The fraction of sp³-hybridized carbons (Fsp3) is 0.409. The number of aliphatic carboxylic acids is 1. The number of imidazole rings is 1. The van der Waals surface area contributed by atoms with Gasteiger partial charge in [0.05, 0.1) is 19.6 Å². The van der Waals surface area contributed by atoms with Crippen LogP contribution in [0.3, 0.4) is 0 Å². The molecule has 0 aliphatic rings. The molecule has 6 heteroatoms. The second-order valence-corrected chi connectivity index (χ2v) is 7.03. The van der Waals surface area contributed by atoms with Gasteiger partial charge in [-0.1, -0.05) is 26.0 Å². The monoisotopic (exact) mass is 381 g/mol. The SMILES string of the molecule is CCCc1nc2c(C)ccnc2n1Cc1ccc(C(CC)C(=O)O)cc1OC. The molecular formula is C22H27N3O3. The number of rotatable bonds is 8. The second-order valence-electron chi connectivity index (χ2n) is 7.03. The normalized spacial score (nSPS) is 12.3. The summed E-state index contributed by atoms with van der Waals surface area (Å²) in [5.41, 5.74) is 4.64. The van der Waals surface area contributed by atoms with Gasteiger partial charge in [-0.05, 0) is 43.0 Å². The van der Waals surface area contributed by atoms with E-state index < -0.39 is 11.9 Å². The molecule has 0 bridgehead atoms. The minimum Gasteiger partial charge on any atom is -0.496 e. The highest BCUT2D eigenvalue weighted by Crippen LogP contribution is 2.29. The van der Waals surface area contributed by atoms with Crippen molar-refractivity contribution in [3.05, 3.63) is 53.0 Å². The molecule has 0 aliphatic carbocycles. The Morgan fingerprint density at radius 1 is 1.29 bits per heavy atom. The van der Waals surface area contributed by atoms with Crippen molar-refractivity contribution in [2.45, 2.75) is 52.5 Å². The highest BCUT2D eigenvalue weighted by Gasteiger charge is 2.20. The Bertz CT molecular complexity index is 994. The van der Waals surface area contributed by atoms with Gasteiger partial charge in [0.25, 0.3) is 0 Å². The maximum absolute atomic E-state index is 11.5. The van der Waals surface area contributed by atoms with E-state index in [4.69, 9.17) is 9.72 Å². The van der Waals surface area contributed by atoms with E-state index in [0.717, 1.165) is 46.5 Å². The molecule has 6 nitrogen and oxygen atoms in total. The zero-order valence-electron chi connectivity index (χ0n) is 16.9. The minimum atomic E-state index is -0.817. The number of fused-ring (bicyclic) bond motifs is 1. The number of nitrogens with zero attached hydrogens (tertiary/aromatic N) is 3. The average Bonchev–Trinajstić information content (AvgIpc) is 3.02. The van der Waals surface area contributed by atoms with Crippen molar-refractivity contribution in [3.63, 3.8) is 0 Å². The van der Waals surface area contributed by atoms with Gasteiger partial charge in [0.2, 0.25) is 0 Å². The summed E-state index contributed by atoms with van der Waals surface area (Å²) in [6, 6.07) is 7.66. The number of methoxy groups -OCH3 is 1. The third-order valence-electron chi connectivity index (χ3n) is 5.14. The summed E-state index contributed by atoms with van der Waals surface area (Å²) in [6.07, 6.45) is 4.21. The van der Waals surface area contributed by atoms with Gasteiger partial charge in [-0.3, -0.25) is 4.79 Å². The first-order chi connectivity index (χ1) is 13.5. The van der Waals surface area contributed by atoms with Gasteiger partial charge in [0, 0.05) is 18.2 Å². The number of carboxylic acid groups (broad SMARTS) is 1. The third kappa shape index (κ3) is 3.72. The molecule has 0 aliphatic heterocycles. The maximum Gasteiger partial charge on any atom is 0.310 e. The number of aryl methyl sites for hydroxylation is 2. The molecule has 1 aromatic carbocycles. The van der Waals surface area contributed by atoms with Crippen molar-refractivity contribution in [3.8, 4) is 5.75 Å². The summed E-state index contributed by atoms with van der Waals surface area (Å²) < 4.78 is 7.73. The summed E-state index contributed by atoms with van der Waals surface area (Å²) in [6.45, 7) is 6.64. The Hall–Kier alpha value is -2.89. The highest BCUT2D eigenvalue weighted by molar-refractivity contribution is 5.76. The fourth-order valence-corrected chi connectivity index (χ4v) is 3.60. The topological polar surface area (TPSA) is 77.2 Å². The zero-order valence-corrected chi connectivity index (χ0v) is 16.9. The number of pyridine rings is 1. The molecule has 148 valence electrons. The summed E-state index contributed by atoms with van der Waals surface area (Å²) in [5.74, 6) is 0.344. The zero-order chi connectivity index (χ0) is 20.3. The van der Waals surface area contributed by atoms with Crippen LogP contribution in [-0.2, 0) is 17.8 Å². The Balaban J connectivity index is 2.05. The van der Waals surface area contributed by atoms with Gasteiger partial charge >= 0.3 is 5.97 Å². The summed E-state index contributed by atoms with van der Waals surface area (Å²) in [4.78, 5) is 20.9. The maximum atomic E-state index is 11.5. The van der Waals surface area contributed by atoms with Gasteiger partial charge in [0.15, 0.2) is 5.65 Å². The molecule has 2 aromatic heterocycles. The number of carboxylic acids is 1. The summed E-state index contributed by atoms with van der Waals surface area (Å²) in [5, 5.41) is 9.45. The van der Waals surface area contributed by atoms with Gasteiger partial charge < -0.3 is 14.4 Å². The average molecular weight is 381 g/mol. The van der Waals surface area contributed by atoms with Crippen LogP contribution in [0, 0.1) is 6.92 Å². The lowest BCUT2D eigenvalue weighted by molar-refractivity contribution is -0.138. The van der Waals surface area contributed by atoms with Crippen molar-refractivity contribution >= 4 is 17.1 Å². The Kier molecular flexibility index (Phi) is 5.97. The van der Waals surface area contributed by atoms with E-state index in [9.17, 15) is 9.90 Å². The molecule has 2 heterocycles. The van der Waals surface area contributed by atoms with Crippen LogP contribution in [0.5, 0.6) is 5.75 Å². The van der Waals surface area contributed by atoms with Gasteiger partial charge in [-0.25, -0.2) is 9.97 Å². The van der Waals surface area contributed by atoms with E-state index in [1.54, 1.807) is 7.11 Å². The van der Waals surface area contributed by atoms with Crippen LogP contribution in [0.25, 0.3) is 11.2 Å². The molecule has 3 rings (SSSR count). The Morgan fingerprint density at radius 3 is 2.71 bits per heavy atom. The van der Waals surface area contributed by atoms with Crippen molar-refractivity contribution < 1.29 is 14.6 Å². The minimum absolute atomic E-state index is 0.531. The number of aromatic nitrogens is 3. The lowest BCUT2D eigenvalue weighted by atomic mass is 9.95. The first-order valence-electron chi connectivity index (χ1n) is 9.70. The predicted octanol–water partition coefficient (Wildman–Crippen LogP) is 4.33. The van der Waals surface area contributed by atoms with Crippen molar-refractivity contribution in [2.75, 3.05) is 7.11 Å². The molecule has 0 fully saturated rings. The van der Waals surface area contributed by atoms with Crippen LogP contribution in [-0.4, -0.2) is 32.7 Å². The molecule has 0 amide bonds. The van der Waals surface area contributed by atoms with E-state index in [0.29, 0.717) is 18.7 Å². The lowest BCUT2D eigenvalue weighted by Crippen LogP contribution is -2.12. The Morgan fingerprint density at radius 2 is 2.07 bits per heavy atom. The van der Waals surface area contributed by atoms with Gasteiger partial charge in [-0.2, -0.15) is 0 Å². The van der Waals surface area contributed by atoms with Crippen LogP contribution < -0.4 is 4.74 Å². The second kappa shape index (κ2) is 8.42. The van der Waals surface area contributed by atoms with E-state index in [-0.39, 0.29) is 0 Å². The number of benzene rings is 1. The predicted molar refractivity (Wildman–Crippen MR) is 109 cm³/mol. The number of carbonyl (C=O) groups is 1. The van der Waals surface area contributed by atoms with E-state index in [1.807, 2.05) is 44.3 Å². The first kappa shape index (κ1) is 19.9. The standard InChI is InChI=1S/C22H27N3O3/c1-5-7-19-24-20-14(3)10-11-23-21(20)25(19)13-16-9-8-15(12-18(16)28-4)17(6-2)22(26)27/h8-12,17H,5-7,13H2,1-4H3,(H,26,27). The molecule has 1 atom stereocenters. The van der Waals surface area contributed by atoms with Crippen LogP contribution in [0.2, 0.25) is 0 Å². The quantitative estimate of drug-likeness (QED) is 0.628. The number of hydrogen-bond donors (Lipinski definition) is 1. The van der Waals surface area contributed by atoms with E-state index in [2.05, 4.69) is 16.5 Å². The first-order valence-corrected chi connectivity index (χ1v) is 9.70. The molecule has 0 saturated carbocycles. The van der Waals surface area contributed by atoms with E-state index >= 15 is 0 Å². The van der Waals surface area contributed by atoms with Crippen molar-refractivity contribution in [2.24, 2.45) is 0 Å². The van der Waals surface area contributed by atoms with Crippen LogP contribution >= 0.6 is 0 Å². The molecule has 1 N–H and O–H groups in total. The molecule has 0 saturated heterocycles. The highest BCUT2D eigenvalue weighted by atomic mass is 16.5. The van der Waals surface area contributed by atoms with Crippen molar-refractivity contribution in [1.82, 2.24) is 14.5 Å². The molecule has 3 aromatic rings. The van der Waals surface area contributed by atoms with E-state index in [1.165, 1.54) is 0 Å². The van der Waals surface area contributed by atoms with Gasteiger partial charge in [0.1, 0.15) is 17.1 Å². The summed E-state index contributed by atoms with van der Waals surface area (Å²) in [7, 11) is 1.62. The largest absolute Gasteiger partial charge is 0.496 e. The van der Waals surface area contributed by atoms with Crippen molar-refractivity contribution in [1.29, 1.82) is 0 Å². The molecular weight excluding hydrogens is 354 g/mol. The molecule has 0 spiro atoms. The summed E-state index contributed by atoms with van der Waals surface area (Å²) >= 11 is 0. The molecule has 0 radical (unpaired) electrons. The molecule has 28 heavy (non-hydrogen) atoms. The smallest absolute Gasteiger partial charge is 0.310 e. The van der Waals surface area contributed by atoms with Crippen LogP contribution in [0.4, 0.5) is 0 Å². The molecule has 1 unspecified atom stereocenters. The Labute approximate surface area is 165 Å². The van der Waals surface area contributed by atoms with Gasteiger partial charge in [-0.15, -0.1) is 0 Å². The van der Waals surface area contributed by atoms with Crippen LogP contribution in [0.1, 0.15) is 55.1 Å². The number of hydrogen-bond acceptors (Lipinski definition) is 4. The van der Waals surface area contributed by atoms with Crippen LogP contribution in [0.15, 0.2) is 30.5 Å². The lowest BCUT2D eigenvalue weighted by Gasteiger charge is -2.16. The fourth-order valence-electron chi connectivity index (χ4n) is 3.60.